The van der Waals surface area contributed by atoms with Gasteiger partial charge in [0, 0.05) is 11.6 Å². The zero-order chi connectivity index (χ0) is 29.3. The highest BCUT2D eigenvalue weighted by molar-refractivity contribution is 7.52. The average Bonchev–Trinajstić information content (AvgIpc) is 3.50. The van der Waals surface area contributed by atoms with Crippen molar-refractivity contribution in [2.24, 2.45) is 0 Å². The van der Waals surface area contributed by atoms with Crippen LogP contribution in [0.2, 0.25) is 0 Å². The van der Waals surface area contributed by atoms with Crippen molar-refractivity contribution in [3.63, 3.8) is 0 Å². The Hall–Kier alpha value is -3.58. The normalized spacial score (nSPS) is 23.7. The molecular weight excluding hydrogens is 553 g/mol. The van der Waals surface area contributed by atoms with Gasteiger partial charge in [-0.05, 0) is 38.3 Å². The lowest BCUT2D eigenvalue weighted by Gasteiger charge is -2.29. The first kappa shape index (κ1) is 28.9. The molecule has 0 bridgehead atoms. The maximum atomic E-state index is 14.2. The summed E-state index contributed by atoms with van der Waals surface area (Å²) in [5.41, 5.74) is 7.14. The monoisotopic (exact) mass is 585 g/mol. The van der Waals surface area contributed by atoms with Crippen molar-refractivity contribution in [1.82, 2.24) is 19.6 Å². The summed E-state index contributed by atoms with van der Waals surface area (Å²) in [5.74, 6) is -0.404. The molecule has 0 amide bonds. The number of esters is 1. The largest absolute Gasteiger partial charge is 0.465 e. The van der Waals surface area contributed by atoms with Crippen molar-refractivity contribution >= 4 is 41.3 Å². The van der Waals surface area contributed by atoms with Crippen molar-refractivity contribution in [2.75, 3.05) is 12.3 Å². The number of aliphatic hydroxyl groups excluding tert-OH is 2. The Kier molecular flexibility index (Phi) is 8.28. The molecule has 4 aromatic rings. The average molecular weight is 586 g/mol. The van der Waals surface area contributed by atoms with Crippen LogP contribution >= 0.6 is 7.75 Å². The second-order valence-electron chi connectivity index (χ2n) is 9.68. The second-order valence-corrected chi connectivity index (χ2v) is 11.3. The standard InChI is InChI=1S/C27H32N5O8P/c1-4-37-27(35)15(2)31-41(36,40-20-11-7-9-17-8-5-6-10-18(17)20)39-16(3)24-22(33)23(34)26(38-24)32-14-30-21-19(28)12-13-29-25(21)32/h5-16,22-24,26,33-34H,4H2,1-3H3,(H2,28,29)(H,31,36)/t15?,16?,22?,23?,24-,26-,41?/m1/s1. The molecule has 1 fully saturated rings. The molecule has 5 rings (SSSR count). The highest BCUT2D eigenvalue weighted by Crippen LogP contribution is 2.49. The van der Waals surface area contributed by atoms with Crippen molar-refractivity contribution in [2.45, 2.75) is 57.5 Å². The van der Waals surface area contributed by atoms with Gasteiger partial charge in [0.1, 0.15) is 35.6 Å². The van der Waals surface area contributed by atoms with Crippen LogP contribution < -0.4 is 15.3 Å². The van der Waals surface area contributed by atoms with Crippen molar-refractivity contribution < 1.29 is 38.1 Å². The summed E-state index contributed by atoms with van der Waals surface area (Å²) in [6, 6.07) is 13.1. The number of pyridine rings is 1. The lowest BCUT2D eigenvalue weighted by atomic mass is 10.1. The smallest absolute Gasteiger partial charge is 0.459 e. The van der Waals surface area contributed by atoms with Crippen molar-refractivity contribution in [3.8, 4) is 5.75 Å². The van der Waals surface area contributed by atoms with Gasteiger partial charge in [-0.15, -0.1) is 0 Å². The molecule has 0 saturated carbocycles. The van der Waals surface area contributed by atoms with E-state index >= 15 is 0 Å². The molecule has 218 valence electrons. The van der Waals surface area contributed by atoms with Gasteiger partial charge in [-0.1, -0.05) is 36.4 Å². The fourth-order valence-corrected chi connectivity index (χ4v) is 6.47. The van der Waals surface area contributed by atoms with E-state index in [1.54, 1.807) is 31.2 Å². The van der Waals surface area contributed by atoms with E-state index in [2.05, 4.69) is 15.1 Å². The number of hydrogen-bond donors (Lipinski definition) is 4. The molecular formula is C27H32N5O8P. The number of nitrogens with zero attached hydrogens (tertiary/aromatic N) is 3. The molecule has 0 spiro atoms. The van der Waals surface area contributed by atoms with Crippen LogP contribution in [0.25, 0.3) is 21.9 Å². The third kappa shape index (κ3) is 5.78. The van der Waals surface area contributed by atoms with Gasteiger partial charge in [0.15, 0.2) is 11.9 Å². The van der Waals surface area contributed by atoms with Gasteiger partial charge >= 0.3 is 13.7 Å². The van der Waals surface area contributed by atoms with Gasteiger partial charge in [0.25, 0.3) is 0 Å². The summed E-state index contributed by atoms with van der Waals surface area (Å²) in [6.07, 6.45) is -3.30. The van der Waals surface area contributed by atoms with Crippen molar-refractivity contribution in [1.29, 1.82) is 0 Å². The molecule has 5 N–H and O–H groups in total. The number of aromatic nitrogens is 3. The fraction of sp³-hybridized carbons (Fsp3) is 0.370. The summed E-state index contributed by atoms with van der Waals surface area (Å²) in [7, 11) is -4.33. The Morgan fingerprint density at radius 2 is 1.90 bits per heavy atom. The molecule has 2 aromatic heterocycles. The number of carbonyl (C=O) groups excluding carboxylic acids is 1. The fourth-order valence-electron chi connectivity index (χ4n) is 4.76. The number of rotatable bonds is 10. The van der Waals surface area contributed by atoms with E-state index in [1.165, 1.54) is 30.9 Å². The van der Waals surface area contributed by atoms with Gasteiger partial charge in [-0.25, -0.2) is 14.5 Å². The van der Waals surface area contributed by atoms with E-state index in [0.29, 0.717) is 22.2 Å². The van der Waals surface area contributed by atoms with Crippen LogP contribution in [-0.4, -0.2) is 67.8 Å². The molecule has 3 heterocycles. The first-order chi connectivity index (χ1) is 19.6. The molecule has 14 heteroatoms. The maximum absolute atomic E-state index is 14.2. The van der Waals surface area contributed by atoms with Crippen LogP contribution in [0.5, 0.6) is 5.75 Å². The highest BCUT2D eigenvalue weighted by atomic mass is 31.2. The van der Waals surface area contributed by atoms with E-state index in [9.17, 15) is 19.6 Å². The third-order valence-electron chi connectivity index (χ3n) is 6.77. The van der Waals surface area contributed by atoms with Crippen LogP contribution in [-0.2, 0) is 23.4 Å². The summed E-state index contributed by atoms with van der Waals surface area (Å²) in [5, 5.41) is 26.0. The van der Waals surface area contributed by atoms with Crippen LogP contribution in [0, 0.1) is 0 Å². The van der Waals surface area contributed by atoms with E-state index in [1.807, 2.05) is 24.3 Å². The number of nitrogens with two attached hydrogens (primary N) is 1. The number of fused-ring (bicyclic) bond motifs is 2. The summed E-state index contributed by atoms with van der Waals surface area (Å²) in [4.78, 5) is 20.9. The predicted octanol–water partition coefficient (Wildman–Crippen LogP) is 2.92. The number of carbonyl (C=O) groups is 1. The predicted molar refractivity (Wildman–Crippen MR) is 150 cm³/mol. The van der Waals surface area contributed by atoms with Gasteiger partial charge < -0.3 is 29.9 Å². The Labute approximate surface area is 235 Å². The number of anilines is 1. The van der Waals surface area contributed by atoms with E-state index in [0.717, 1.165) is 5.39 Å². The quantitative estimate of drug-likeness (QED) is 0.158. The second kappa shape index (κ2) is 11.7. The number of benzene rings is 2. The SMILES string of the molecule is CCOC(=O)C(C)NP(=O)(Oc1cccc2ccccc12)OC(C)[C@H]1O[C@@H](n2cnc3c(N)ccnc32)C(O)C1O. The highest BCUT2D eigenvalue weighted by Gasteiger charge is 2.49. The van der Waals surface area contributed by atoms with E-state index < -0.39 is 50.4 Å². The molecule has 2 aromatic carbocycles. The number of hydrogen-bond acceptors (Lipinski definition) is 11. The Bertz CT molecular complexity index is 1590. The summed E-state index contributed by atoms with van der Waals surface area (Å²) in [6.45, 7) is 4.76. The molecule has 1 aliphatic heterocycles. The number of nitrogens with one attached hydrogen (secondary N) is 1. The van der Waals surface area contributed by atoms with Gasteiger partial charge in [0.2, 0.25) is 0 Å². The number of imidazole rings is 1. The first-order valence-electron chi connectivity index (χ1n) is 13.1. The molecule has 1 saturated heterocycles. The Morgan fingerprint density at radius 1 is 1.15 bits per heavy atom. The number of ether oxygens (including phenoxy) is 2. The van der Waals surface area contributed by atoms with E-state index in [4.69, 9.17) is 24.3 Å². The molecule has 1 aliphatic rings. The molecule has 13 nitrogen and oxygen atoms in total. The Balaban J connectivity index is 1.42. The molecule has 7 atom stereocenters. The van der Waals surface area contributed by atoms with Crippen LogP contribution in [0.1, 0.15) is 27.0 Å². The minimum atomic E-state index is -4.33. The lowest BCUT2D eigenvalue weighted by Crippen LogP contribution is -2.41. The molecule has 5 unspecified atom stereocenters. The molecule has 0 aliphatic carbocycles. The molecule has 41 heavy (non-hydrogen) atoms. The van der Waals surface area contributed by atoms with Gasteiger partial charge in [0.05, 0.1) is 24.7 Å². The topological polar surface area (TPSA) is 180 Å². The minimum absolute atomic E-state index is 0.126. The van der Waals surface area contributed by atoms with Crippen molar-refractivity contribution in [3.05, 3.63) is 61.1 Å². The van der Waals surface area contributed by atoms with Crippen LogP contribution in [0.3, 0.4) is 0 Å². The third-order valence-corrected chi connectivity index (χ3v) is 8.52. The van der Waals surface area contributed by atoms with Gasteiger partial charge in [-0.2, -0.15) is 5.09 Å². The molecule has 0 radical (unpaired) electrons. The minimum Gasteiger partial charge on any atom is -0.465 e. The van der Waals surface area contributed by atoms with E-state index in [-0.39, 0.29) is 12.4 Å². The Morgan fingerprint density at radius 3 is 2.68 bits per heavy atom. The lowest BCUT2D eigenvalue weighted by molar-refractivity contribution is -0.144. The summed E-state index contributed by atoms with van der Waals surface area (Å²) < 4.78 is 38.6. The first-order valence-corrected chi connectivity index (χ1v) is 14.6. The summed E-state index contributed by atoms with van der Waals surface area (Å²) >= 11 is 0. The number of nitrogen functional groups attached to an aromatic ring is 1. The zero-order valence-electron chi connectivity index (χ0n) is 22.7. The van der Waals surface area contributed by atoms with Crippen LogP contribution in [0.15, 0.2) is 61.1 Å². The maximum Gasteiger partial charge on any atom is 0.459 e. The number of aliphatic hydroxyl groups is 2. The van der Waals surface area contributed by atoms with Gasteiger partial charge in [-0.3, -0.25) is 13.9 Å². The van der Waals surface area contributed by atoms with Crippen LogP contribution in [0.4, 0.5) is 5.69 Å². The zero-order valence-corrected chi connectivity index (χ0v) is 23.5.